The maximum atomic E-state index is 11.9. The molecule has 6 heteroatoms. The highest BCUT2D eigenvalue weighted by Gasteiger charge is 2.05. The third-order valence-corrected chi connectivity index (χ3v) is 3.28. The van der Waals surface area contributed by atoms with Gasteiger partial charge in [-0.3, -0.25) is 4.79 Å². The molecule has 0 unspecified atom stereocenters. The van der Waals surface area contributed by atoms with Gasteiger partial charge in [0.1, 0.15) is 11.5 Å². The van der Waals surface area contributed by atoms with Gasteiger partial charge in [0.25, 0.3) is 5.91 Å². The maximum absolute atomic E-state index is 11.9. The summed E-state index contributed by atoms with van der Waals surface area (Å²) in [6.07, 6.45) is 4.03. The fourth-order valence-corrected chi connectivity index (χ4v) is 2.08. The third kappa shape index (κ3) is 4.65. The summed E-state index contributed by atoms with van der Waals surface area (Å²) in [5.41, 5.74) is 3.54. The second-order valence-corrected chi connectivity index (χ2v) is 5.13. The first-order valence-corrected chi connectivity index (χ1v) is 7.56. The van der Waals surface area contributed by atoms with Crippen LogP contribution in [0.25, 0.3) is 0 Å². The number of carbonyl (C=O) groups excluding carboxylic acids is 1. The zero-order valence-corrected chi connectivity index (χ0v) is 13.2. The molecular weight excluding hydrogens is 318 g/mol. The van der Waals surface area contributed by atoms with Gasteiger partial charge in [0.05, 0.1) is 11.8 Å². The highest BCUT2D eigenvalue weighted by molar-refractivity contribution is 5.94. The summed E-state index contributed by atoms with van der Waals surface area (Å²) in [4.78, 5) is 11.9. The number of hydrazone groups is 1. The molecule has 1 heterocycles. The topological polar surface area (TPSA) is 77.6 Å². The van der Waals surface area contributed by atoms with E-state index in [4.69, 9.17) is 4.74 Å². The van der Waals surface area contributed by atoms with Crippen LogP contribution < -0.4 is 14.9 Å². The Labute approximate surface area is 144 Å². The second-order valence-electron chi connectivity index (χ2n) is 5.13. The number of para-hydroxylation sites is 1. The minimum absolute atomic E-state index is 0.352. The minimum atomic E-state index is -0.395. The monoisotopic (exact) mass is 333 g/mol. The molecule has 6 nitrogen and oxygen atoms in total. The van der Waals surface area contributed by atoms with Crippen LogP contribution in [-0.2, 0) is 0 Å². The normalized spacial score (nSPS) is 10.6. The van der Waals surface area contributed by atoms with Crippen LogP contribution in [0, 0.1) is 5.21 Å². The SMILES string of the molecule is O=C(N/N=C/c1cccc(Oc2ccccc2)c1)c1cc[n+]([O-])cc1. The molecule has 0 aliphatic heterocycles. The van der Waals surface area contributed by atoms with Crippen molar-refractivity contribution in [1.29, 1.82) is 0 Å². The van der Waals surface area contributed by atoms with Crippen molar-refractivity contribution in [2.45, 2.75) is 0 Å². The van der Waals surface area contributed by atoms with Crippen molar-refractivity contribution in [3.63, 3.8) is 0 Å². The van der Waals surface area contributed by atoms with Crippen molar-refractivity contribution < 1.29 is 14.3 Å². The lowest BCUT2D eigenvalue weighted by molar-refractivity contribution is -0.605. The summed E-state index contributed by atoms with van der Waals surface area (Å²) >= 11 is 0. The zero-order valence-electron chi connectivity index (χ0n) is 13.2. The van der Waals surface area contributed by atoms with Gasteiger partial charge in [-0.05, 0) is 29.8 Å². The molecule has 124 valence electrons. The fraction of sp³-hybridized carbons (Fsp3) is 0. The molecule has 3 rings (SSSR count). The van der Waals surface area contributed by atoms with E-state index in [1.54, 1.807) is 0 Å². The summed E-state index contributed by atoms with van der Waals surface area (Å²) in [5.74, 6) is 1.02. The van der Waals surface area contributed by atoms with Crippen molar-refractivity contribution in [2.75, 3.05) is 0 Å². The van der Waals surface area contributed by atoms with E-state index >= 15 is 0 Å². The Morgan fingerprint density at radius 3 is 2.48 bits per heavy atom. The average molecular weight is 333 g/mol. The number of aromatic nitrogens is 1. The molecule has 0 radical (unpaired) electrons. The summed E-state index contributed by atoms with van der Waals surface area (Å²) < 4.78 is 6.36. The van der Waals surface area contributed by atoms with E-state index in [0.717, 1.165) is 11.3 Å². The van der Waals surface area contributed by atoms with Gasteiger partial charge in [-0.1, -0.05) is 30.3 Å². The number of nitrogens with zero attached hydrogens (tertiary/aromatic N) is 2. The molecule has 1 amide bonds. The lowest BCUT2D eigenvalue weighted by Gasteiger charge is -2.05. The molecule has 0 saturated carbocycles. The van der Waals surface area contributed by atoms with E-state index < -0.39 is 5.91 Å². The molecule has 0 aliphatic carbocycles. The predicted octanol–water partition coefficient (Wildman–Crippen LogP) is 2.88. The standard InChI is InChI=1S/C19H15N3O3/c23-19(16-9-11-22(24)12-10-16)21-20-14-15-5-4-8-18(13-15)25-17-6-2-1-3-7-17/h1-14H,(H,21,23)/b20-14+. The lowest BCUT2D eigenvalue weighted by Crippen LogP contribution is -2.26. The fourth-order valence-electron chi connectivity index (χ4n) is 2.08. The summed E-state index contributed by atoms with van der Waals surface area (Å²) in [6.45, 7) is 0. The van der Waals surface area contributed by atoms with E-state index in [2.05, 4.69) is 10.5 Å². The molecule has 0 spiro atoms. The number of amides is 1. The van der Waals surface area contributed by atoms with Crippen molar-refractivity contribution in [3.8, 4) is 11.5 Å². The second kappa shape index (κ2) is 7.74. The number of ether oxygens (including phenoxy) is 1. The quantitative estimate of drug-likeness (QED) is 0.337. The van der Waals surface area contributed by atoms with Crippen molar-refractivity contribution >= 4 is 12.1 Å². The van der Waals surface area contributed by atoms with Gasteiger partial charge in [0.2, 0.25) is 0 Å². The van der Waals surface area contributed by atoms with Crippen LogP contribution in [0.5, 0.6) is 11.5 Å². The molecule has 0 atom stereocenters. The molecule has 1 N–H and O–H groups in total. The van der Waals surface area contributed by atoms with E-state index in [1.807, 2.05) is 54.6 Å². The van der Waals surface area contributed by atoms with Gasteiger partial charge >= 0.3 is 0 Å². The molecule has 0 bridgehead atoms. The molecular formula is C19H15N3O3. The van der Waals surface area contributed by atoms with Crippen molar-refractivity contribution in [2.24, 2.45) is 5.10 Å². The van der Waals surface area contributed by atoms with E-state index in [0.29, 0.717) is 16.0 Å². The Kier molecular flexibility index (Phi) is 5.01. The largest absolute Gasteiger partial charge is 0.619 e. The Hall–Kier alpha value is -3.67. The van der Waals surface area contributed by atoms with Crippen LogP contribution in [0.15, 0.2) is 84.2 Å². The molecule has 1 aromatic heterocycles. The van der Waals surface area contributed by atoms with Gasteiger partial charge in [-0.2, -0.15) is 9.83 Å². The Morgan fingerprint density at radius 1 is 1.00 bits per heavy atom. The molecule has 0 aliphatic rings. The summed E-state index contributed by atoms with van der Waals surface area (Å²) in [5, 5.41) is 14.9. The zero-order chi connectivity index (χ0) is 17.5. The van der Waals surface area contributed by atoms with E-state index in [1.165, 1.54) is 30.7 Å². The van der Waals surface area contributed by atoms with Crippen LogP contribution in [0.4, 0.5) is 0 Å². The number of rotatable bonds is 5. The first kappa shape index (κ1) is 16.2. The van der Waals surface area contributed by atoms with Gasteiger partial charge < -0.3 is 9.94 Å². The Morgan fingerprint density at radius 2 is 1.72 bits per heavy atom. The number of nitrogens with one attached hydrogen (secondary N) is 1. The number of hydrogen-bond acceptors (Lipinski definition) is 4. The van der Waals surface area contributed by atoms with Crippen LogP contribution in [0.1, 0.15) is 15.9 Å². The van der Waals surface area contributed by atoms with Gasteiger partial charge in [0, 0.05) is 12.1 Å². The number of hydrogen-bond donors (Lipinski definition) is 1. The Balaban J connectivity index is 1.62. The van der Waals surface area contributed by atoms with Crippen molar-refractivity contribution in [3.05, 3.63) is 95.5 Å². The highest BCUT2D eigenvalue weighted by Crippen LogP contribution is 2.21. The first-order chi connectivity index (χ1) is 12.2. The molecule has 2 aromatic carbocycles. The highest BCUT2D eigenvalue weighted by atomic mass is 16.5. The van der Waals surface area contributed by atoms with Crippen LogP contribution in [0.2, 0.25) is 0 Å². The van der Waals surface area contributed by atoms with Gasteiger partial charge in [0.15, 0.2) is 12.4 Å². The summed E-state index contributed by atoms with van der Waals surface area (Å²) in [7, 11) is 0. The number of carbonyl (C=O) groups is 1. The van der Waals surface area contributed by atoms with Crippen LogP contribution in [-0.4, -0.2) is 12.1 Å². The maximum Gasteiger partial charge on any atom is 0.271 e. The van der Waals surface area contributed by atoms with Gasteiger partial charge in [-0.25, -0.2) is 5.43 Å². The molecule has 3 aromatic rings. The average Bonchev–Trinajstić information content (AvgIpc) is 2.63. The lowest BCUT2D eigenvalue weighted by atomic mass is 10.2. The first-order valence-electron chi connectivity index (χ1n) is 7.56. The molecule has 0 fully saturated rings. The van der Waals surface area contributed by atoms with Crippen LogP contribution in [0.3, 0.4) is 0 Å². The summed E-state index contributed by atoms with van der Waals surface area (Å²) in [6, 6.07) is 19.6. The van der Waals surface area contributed by atoms with E-state index in [9.17, 15) is 10.0 Å². The molecule has 25 heavy (non-hydrogen) atoms. The number of pyridine rings is 1. The Bertz CT molecular complexity index is 878. The predicted molar refractivity (Wildman–Crippen MR) is 93.4 cm³/mol. The molecule has 0 saturated heterocycles. The number of benzene rings is 2. The third-order valence-electron chi connectivity index (χ3n) is 3.28. The van der Waals surface area contributed by atoms with Crippen LogP contribution >= 0.6 is 0 Å². The smallest absolute Gasteiger partial charge is 0.271 e. The van der Waals surface area contributed by atoms with Crippen molar-refractivity contribution in [1.82, 2.24) is 5.43 Å². The van der Waals surface area contributed by atoms with E-state index in [-0.39, 0.29) is 0 Å². The van der Waals surface area contributed by atoms with Gasteiger partial charge in [-0.15, -0.1) is 0 Å². The minimum Gasteiger partial charge on any atom is -0.619 e.